The fourth-order valence-corrected chi connectivity index (χ4v) is 0.972. The van der Waals surface area contributed by atoms with Crippen LogP contribution in [-0.4, -0.2) is 0 Å². The first-order valence-electron chi connectivity index (χ1n) is 4.21. The largest absolute Gasteiger partial charge is 0.0602 e. The van der Waals surface area contributed by atoms with Crippen molar-refractivity contribution in [3.8, 4) is 0 Å². The van der Waals surface area contributed by atoms with E-state index in [1.54, 1.807) is 5.92 Å². The van der Waals surface area contributed by atoms with Crippen LogP contribution in [0.15, 0.2) is 0 Å². The first kappa shape index (κ1) is 10.0. The third-order valence-corrected chi connectivity index (χ3v) is 1.60. The first-order valence-corrected chi connectivity index (χ1v) is 4.21. The molecule has 0 heterocycles. The van der Waals surface area contributed by atoms with Gasteiger partial charge in [0.25, 0.3) is 0 Å². The second-order valence-electron chi connectivity index (χ2n) is 4.62. The highest BCUT2D eigenvalue weighted by atomic mass is 14.1. The van der Waals surface area contributed by atoms with Gasteiger partial charge in [-0.25, -0.2) is 0 Å². The van der Waals surface area contributed by atoms with E-state index in [1.165, 1.54) is 19.3 Å². The highest BCUT2D eigenvalue weighted by Gasteiger charge is 2.09. The average Bonchev–Trinajstić information content (AvgIpc) is 1.59. The van der Waals surface area contributed by atoms with Gasteiger partial charge in [-0.15, -0.1) is 0 Å². The van der Waals surface area contributed by atoms with E-state index < -0.39 is 0 Å². The van der Waals surface area contributed by atoms with Gasteiger partial charge < -0.3 is 0 Å². The minimum Gasteiger partial charge on any atom is -0.0602 e. The zero-order valence-electron chi connectivity index (χ0n) is 8.12. The molecule has 0 N–H and O–H groups in total. The van der Waals surface area contributed by atoms with Gasteiger partial charge in [0, 0.05) is 0 Å². The molecule has 0 unspecified atom stereocenters. The van der Waals surface area contributed by atoms with E-state index in [0.29, 0.717) is 5.41 Å². The molecule has 0 saturated heterocycles. The maximum Gasteiger partial charge on any atom is -0.0303 e. The lowest BCUT2D eigenvalue weighted by Gasteiger charge is -2.17. The van der Waals surface area contributed by atoms with E-state index in [-0.39, 0.29) is 0 Å². The molecule has 10 heavy (non-hydrogen) atoms. The molecule has 0 aliphatic rings. The summed E-state index contributed by atoms with van der Waals surface area (Å²) in [4.78, 5) is 0. The van der Waals surface area contributed by atoms with Crippen LogP contribution in [-0.2, 0) is 0 Å². The average molecular weight is 141 g/mol. The predicted molar refractivity (Wildman–Crippen MR) is 47.9 cm³/mol. The second-order valence-corrected chi connectivity index (χ2v) is 4.62. The normalized spacial score (nSPS) is 12.6. The van der Waals surface area contributed by atoms with Gasteiger partial charge in [0.2, 0.25) is 0 Å². The Bertz CT molecular complexity index is 74.5. The lowest BCUT2D eigenvalue weighted by molar-refractivity contribution is 0.362. The summed E-state index contributed by atoms with van der Waals surface area (Å²) < 4.78 is 0. The van der Waals surface area contributed by atoms with E-state index in [9.17, 15) is 0 Å². The Morgan fingerprint density at radius 2 is 1.60 bits per heavy atom. The highest BCUT2D eigenvalue weighted by molar-refractivity contribution is 4.77. The summed E-state index contributed by atoms with van der Waals surface area (Å²) in [5.41, 5.74) is 0.523. The quantitative estimate of drug-likeness (QED) is 0.560. The van der Waals surface area contributed by atoms with Crippen LogP contribution in [0.25, 0.3) is 0 Å². The number of hydrogen-bond donors (Lipinski definition) is 0. The maximum atomic E-state index is 2.30. The fraction of sp³-hybridized carbons (Fsp3) is 0.900. The molecule has 0 rings (SSSR count). The Morgan fingerprint density at radius 3 is 1.90 bits per heavy atom. The van der Waals surface area contributed by atoms with Crippen LogP contribution in [0, 0.1) is 11.3 Å². The van der Waals surface area contributed by atoms with Crippen molar-refractivity contribution in [2.75, 3.05) is 0 Å². The number of rotatable bonds is 3. The third kappa shape index (κ3) is 8.00. The van der Waals surface area contributed by atoms with Gasteiger partial charge >= 0.3 is 0 Å². The molecule has 0 saturated carbocycles. The van der Waals surface area contributed by atoms with Gasteiger partial charge in [0.05, 0.1) is 0 Å². The summed E-state index contributed by atoms with van der Waals surface area (Å²) in [5, 5.41) is 0. The Balaban J connectivity index is 3.21. The van der Waals surface area contributed by atoms with Crippen molar-refractivity contribution < 1.29 is 0 Å². The number of hydrogen-bond acceptors (Lipinski definition) is 0. The summed E-state index contributed by atoms with van der Waals surface area (Å²) in [7, 11) is 0. The summed E-state index contributed by atoms with van der Waals surface area (Å²) in [6.07, 6.45) is 4.00. The molecule has 1 radical (unpaired) electrons. The van der Waals surface area contributed by atoms with E-state index in [4.69, 9.17) is 0 Å². The minimum absolute atomic E-state index is 0.523. The first-order chi connectivity index (χ1) is 4.42. The predicted octanol–water partition coefficient (Wildman–Crippen LogP) is 3.82. The molecule has 0 aromatic rings. The fourth-order valence-electron chi connectivity index (χ4n) is 0.972. The smallest absolute Gasteiger partial charge is 0.0303 e. The van der Waals surface area contributed by atoms with Crippen molar-refractivity contribution in [2.45, 2.75) is 53.9 Å². The molecule has 0 aliphatic heterocycles. The standard InChI is InChI=1S/C10H21/c1-9(2)7-6-8-10(3,4)5/h6-8H2,1-5H3. The zero-order chi connectivity index (χ0) is 8.20. The van der Waals surface area contributed by atoms with E-state index in [0.717, 1.165) is 0 Å². The highest BCUT2D eigenvalue weighted by Crippen LogP contribution is 2.23. The Kier molecular flexibility index (Phi) is 4.00. The van der Waals surface area contributed by atoms with Crippen LogP contribution in [0.5, 0.6) is 0 Å². The summed E-state index contributed by atoms with van der Waals surface area (Å²) in [6, 6.07) is 0. The van der Waals surface area contributed by atoms with Gasteiger partial charge in [0.1, 0.15) is 0 Å². The van der Waals surface area contributed by atoms with Gasteiger partial charge in [-0.2, -0.15) is 0 Å². The van der Waals surface area contributed by atoms with Crippen molar-refractivity contribution in [3.05, 3.63) is 5.92 Å². The molecule has 0 atom stereocenters. The van der Waals surface area contributed by atoms with E-state index in [2.05, 4.69) is 34.6 Å². The topological polar surface area (TPSA) is 0 Å². The molecule has 0 spiro atoms. The second kappa shape index (κ2) is 4.00. The Morgan fingerprint density at radius 1 is 1.10 bits per heavy atom. The van der Waals surface area contributed by atoms with Crippen molar-refractivity contribution in [3.63, 3.8) is 0 Å². The van der Waals surface area contributed by atoms with Crippen molar-refractivity contribution >= 4 is 0 Å². The van der Waals surface area contributed by atoms with E-state index >= 15 is 0 Å². The molecule has 0 bridgehead atoms. The molecule has 61 valence electrons. The van der Waals surface area contributed by atoms with Crippen molar-refractivity contribution in [1.29, 1.82) is 0 Å². The van der Waals surface area contributed by atoms with E-state index in [1.807, 2.05) is 0 Å². The van der Waals surface area contributed by atoms with Crippen LogP contribution in [0.3, 0.4) is 0 Å². The monoisotopic (exact) mass is 141 g/mol. The molecule has 0 nitrogen and oxygen atoms in total. The van der Waals surface area contributed by atoms with Crippen LogP contribution < -0.4 is 0 Å². The molecule has 0 amide bonds. The molecular weight excluding hydrogens is 120 g/mol. The minimum atomic E-state index is 0.523. The Labute approximate surface area is 66.0 Å². The van der Waals surface area contributed by atoms with Gasteiger partial charge in [-0.1, -0.05) is 41.0 Å². The van der Waals surface area contributed by atoms with Crippen LogP contribution >= 0.6 is 0 Å². The maximum absolute atomic E-state index is 2.30. The van der Waals surface area contributed by atoms with Crippen LogP contribution in [0.4, 0.5) is 0 Å². The van der Waals surface area contributed by atoms with Crippen molar-refractivity contribution in [1.82, 2.24) is 0 Å². The van der Waals surface area contributed by atoms with Crippen LogP contribution in [0.2, 0.25) is 0 Å². The lowest BCUT2D eigenvalue weighted by Crippen LogP contribution is -2.04. The SMILES string of the molecule is C[C](C)CCCC(C)(C)C. The van der Waals surface area contributed by atoms with Crippen LogP contribution in [0.1, 0.15) is 53.9 Å². The van der Waals surface area contributed by atoms with Crippen molar-refractivity contribution in [2.24, 2.45) is 5.41 Å². The summed E-state index contributed by atoms with van der Waals surface area (Å²) in [5.74, 6) is 1.56. The third-order valence-electron chi connectivity index (χ3n) is 1.60. The molecule has 0 fully saturated rings. The molecule has 0 heteroatoms. The molecule has 0 aromatic heterocycles. The summed E-state index contributed by atoms with van der Waals surface area (Å²) in [6.45, 7) is 11.3. The van der Waals surface area contributed by atoms with Gasteiger partial charge in [-0.3, -0.25) is 0 Å². The molecule has 0 aromatic carbocycles. The molecular formula is C10H21. The zero-order valence-corrected chi connectivity index (χ0v) is 8.12. The van der Waals surface area contributed by atoms with Gasteiger partial charge in [0.15, 0.2) is 0 Å². The Hall–Kier alpha value is 0. The van der Waals surface area contributed by atoms with Gasteiger partial charge in [-0.05, 0) is 24.2 Å². The lowest BCUT2D eigenvalue weighted by atomic mass is 9.88. The molecule has 0 aliphatic carbocycles. The summed E-state index contributed by atoms with van der Waals surface area (Å²) >= 11 is 0.